The van der Waals surface area contributed by atoms with Crippen LogP contribution in [0.25, 0.3) is 0 Å². The van der Waals surface area contributed by atoms with Crippen LogP contribution in [0.3, 0.4) is 0 Å². The Morgan fingerprint density at radius 2 is 1.91 bits per heavy atom. The van der Waals surface area contributed by atoms with Gasteiger partial charge in [0.1, 0.15) is 6.10 Å². The van der Waals surface area contributed by atoms with E-state index in [4.69, 9.17) is 15.2 Å². The standard InChI is InChI=1S/C15H17NO5S/c1-5-11(17)20-9(3)15(4,21-12(18)6-2)13-10(14(16)19)7-8-22-13/h5-9H,1-2H2,3-4H3,(H2,16,19). The van der Waals surface area contributed by atoms with Crippen LogP contribution in [0.15, 0.2) is 36.8 Å². The number of amides is 1. The number of primary amides is 1. The molecule has 7 heteroatoms. The van der Waals surface area contributed by atoms with Crippen molar-refractivity contribution >= 4 is 29.2 Å². The quantitative estimate of drug-likeness (QED) is 0.611. The zero-order valence-corrected chi connectivity index (χ0v) is 13.1. The minimum absolute atomic E-state index is 0.200. The van der Waals surface area contributed by atoms with Crippen LogP contribution in [-0.4, -0.2) is 23.9 Å². The summed E-state index contributed by atoms with van der Waals surface area (Å²) in [7, 11) is 0. The van der Waals surface area contributed by atoms with E-state index in [2.05, 4.69) is 13.2 Å². The second-order valence-electron chi connectivity index (χ2n) is 4.54. The number of ether oxygens (including phenoxy) is 2. The van der Waals surface area contributed by atoms with Gasteiger partial charge in [-0.3, -0.25) is 4.79 Å². The lowest BCUT2D eigenvalue weighted by atomic mass is 9.94. The highest BCUT2D eigenvalue weighted by Crippen LogP contribution is 2.37. The van der Waals surface area contributed by atoms with Gasteiger partial charge in [0.15, 0.2) is 5.60 Å². The van der Waals surface area contributed by atoms with Crippen LogP contribution in [0.1, 0.15) is 29.1 Å². The maximum atomic E-state index is 11.7. The number of hydrogen-bond donors (Lipinski definition) is 1. The van der Waals surface area contributed by atoms with Crippen molar-refractivity contribution in [3.8, 4) is 0 Å². The lowest BCUT2D eigenvalue weighted by molar-refractivity contribution is -0.177. The number of thiophene rings is 1. The van der Waals surface area contributed by atoms with Gasteiger partial charge in [-0.15, -0.1) is 11.3 Å². The number of hydrogen-bond acceptors (Lipinski definition) is 6. The van der Waals surface area contributed by atoms with Crippen LogP contribution < -0.4 is 5.73 Å². The van der Waals surface area contributed by atoms with E-state index in [0.717, 1.165) is 12.2 Å². The van der Waals surface area contributed by atoms with E-state index in [1.807, 2.05) is 0 Å². The third-order valence-corrected chi connectivity index (χ3v) is 4.23. The lowest BCUT2D eigenvalue weighted by Gasteiger charge is -2.34. The molecule has 0 bridgehead atoms. The molecular formula is C15H17NO5S. The van der Waals surface area contributed by atoms with Gasteiger partial charge in [0.25, 0.3) is 0 Å². The number of nitrogens with two attached hydrogens (primary N) is 1. The van der Waals surface area contributed by atoms with Crippen molar-refractivity contribution < 1.29 is 23.9 Å². The molecule has 1 heterocycles. The monoisotopic (exact) mass is 323 g/mol. The zero-order valence-electron chi connectivity index (χ0n) is 12.3. The molecule has 0 aromatic carbocycles. The van der Waals surface area contributed by atoms with E-state index < -0.39 is 29.6 Å². The molecular weight excluding hydrogens is 306 g/mol. The van der Waals surface area contributed by atoms with Crippen LogP contribution in [0.2, 0.25) is 0 Å². The Balaban J connectivity index is 3.32. The molecule has 2 N–H and O–H groups in total. The number of rotatable bonds is 7. The van der Waals surface area contributed by atoms with Gasteiger partial charge in [0.05, 0.1) is 10.4 Å². The molecule has 2 unspecified atom stereocenters. The van der Waals surface area contributed by atoms with Crippen molar-refractivity contribution in [2.75, 3.05) is 0 Å². The average molecular weight is 323 g/mol. The molecule has 1 amide bonds. The summed E-state index contributed by atoms with van der Waals surface area (Å²) in [5, 5.41) is 1.64. The van der Waals surface area contributed by atoms with Crippen molar-refractivity contribution in [1.82, 2.24) is 0 Å². The fourth-order valence-corrected chi connectivity index (χ4v) is 2.86. The maximum Gasteiger partial charge on any atom is 0.331 e. The first-order valence-electron chi connectivity index (χ1n) is 6.32. The van der Waals surface area contributed by atoms with Gasteiger partial charge >= 0.3 is 11.9 Å². The van der Waals surface area contributed by atoms with Crippen LogP contribution in [0, 0.1) is 0 Å². The molecule has 0 saturated carbocycles. The summed E-state index contributed by atoms with van der Waals surface area (Å²) in [5.74, 6) is -2.06. The smallest absolute Gasteiger partial charge is 0.331 e. The SMILES string of the molecule is C=CC(=O)OC(C)C(C)(OC(=O)C=C)c1sccc1C(N)=O. The molecule has 0 aliphatic carbocycles. The van der Waals surface area contributed by atoms with Crippen molar-refractivity contribution in [2.45, 2.75) is 25.6 Å². The summed E-state index contributed by atoms with van der Waals surface area (Å²) < 4.78 is 10.5. The van der Waals surface area contributed by atoms with Gasteiger partial charge in [-0.25, -0.2) is 9.59 Å². The maximum absolute atomic E-state index is 11.7. The first-order chi connectivity index (χ1) is 10.3. The van der Waals surface area contributed by atoms with E-state index in [-0.39, 0.29) is 5.56 Å². The van der Waals surface area contributed by atoms with E-state index in [9.17, 15) is 14.4 Å². The highest BCUT2D eigenvalue weighted by atomic mass is 32.1. The molecule has 0 aliphatic heterocycles. The van der Waals surface area contributed by atoms with Crippen LogP contribution >= 0.6 is 11.3 Å². The normalized spacial score (nSPS) is 14.3. The predicted molar refractivity (Wildman–Crippen MR) is 82.2 cm³/mol. The minimum Gasteiger partial charge on any atom is -0.455 e. The molecule has 22 heavy (non-hydrogen) atoms. The summed E-state index contributed by atoms with van der Waals surface area (Å²) in [4.78, 5) is 35.0. The number of carbonyl (C=O) groups excluding carboxylic acids is 3. The second-order valence-corrected chi connectivity index (χ2v) is 5.46. The second kappa shape index (κ2) is 7.04. The molecule has 0 radical (unpaired) electrons. The largest absolute Gasteiger partial charge is 0.455 e. The predicted octanol–water partition coefficient (Wildman–Crippen LogP) is 1.91. The molecule has 0 fully saturated rings. The van der Waals surface area contributed by atoms with Crippen LogP contribution in [0.5, 0.6) is 0 Å². The lowest BCUT2D eigenvalue weighted by Crippen LogP contribution is -2.42. The highest BCUT2D eigenvalue weighted by Gasteiger charge is 2.42. The Kier molecular flexibility index (Phi) is 5.64. The Morgan fingerprint density at radius 3 is 2.41 bits per heavy atom. The molecule has 1 aromatic heterocycles. The Bertz CT molecular complexity index is 621. The summed E-state index contributed by atoms with van der Waals surface area (Å²) in [5.41, 5.74) is 4.14. The summed E-state index contributed by atoms with van der Waals surface area (Å²) in [6.45, 7) is 9.72. The molecule has 6 nitrogen and oxygen atoms in total. The van der Waals surface area contributed by atoms with Crippen molar-refractivity contribution in [3.63, 3.8) is 0 Å². The molecule has 1 aromatic rings. The summed E-state index contributed by atoms with van der Waals surface area (Å²) in [6.07, 6.45) is 1.10. The Labute approximate surface area is 132 Å². The van der Waals surface area contributed by atoms with Crippen molar-refractivity contribution in [3.05, 3.63) is 47.2 Å². The minimum atomic E-state index is -1.39. The first kappa shape index (κ1) is 17.6. The Morgan fingerprint density at radius 1 is 1.32 bits per heavy atom. The fraction of sp³-hybridized carbons (Fsp3) is 0.267. The van der Waals surface area contributed by atoms with Gasteiger partial charge in [0.2, 0.25) is 5.91 Å². The molecule has 2 atom stereocenters. The molecule has 0 aliphatic rings. The van der Waals surface area contributed by atoms with Crippen LogP contribution in [0.4, 0.5) is 0 Å². The molecule has 0 saturated heterocycles. The third kappa shape index (κ3) is 3.62. The van der Waals surface area contributed by atoms with E-state index in [0.29, 0.717) is 4.88 Å². The summed E-state index contributed by atoms with van der Waals surface area (Å²) >= 11 is 1.17. The molecule has 0 spiro atoms. The Hall–Kier alpha value is -2.41. The topological polar surface area (TPSA) is 95.7 Å². The fourth-order valence-electron chi connectivity index (χ4n) is 1.79. The average Bonchev–Trinajstić information content (AvgIpc) is 2.96. The van der Waals surface area contributed by atoms with E-state index >= 15 is 0 Å². The third-order valence-electron chi connectivity index (χ3n) is 3.10. The van der Waals surface area contributed by atoms with Crippen LogP contribution in [-0.2, 0) is 24.7 Å². The number of carbonyl (C=O) groups is 3. The highest BCUT2D eigenvalue weighted by molar-refractivity contribution is 7.10. The van der Waals surface area contributed by atoms with Gasteiger partial charge < -0.3 is 15.2 Å². The summed E-state index contributed by atoms with van der Waals surface area (Å²) in [6, 6.07) is 1.52. The van der Waals surface area contributed by atoms with Gasteiger partial charge in [-0.1, -0.05) is 13.2 Å². The first-order valence-corrected chi connectivity index (χ1v) is 7.20. The number of esters is 2. The van der Waals surface area contributed by atoms with E-state index in [1.165, 1.54) is 24.3 Å². The van der Waals surface area contributed by atoms with Gasteiger partial charge in [0, 0.05) is 12.2 Å². The van der Waals surface area contributed by atoms with E-state index in [1.54, 1.807) is 12.3 Å². The van der Waals surface area contributed by atoms with Gasteiger partial charge in [-0.05, 0) is 25.3 Å². The van der Waals surface area contributed by atoms with Crippen molar-refractivity contribution in [1.29, 1.82) is 0 Å². The molecule has 1 rings (SSSR count). The molecule has 118 valence electrons. The van der Waals surface area contributed by atoms with Gasteiger partial charge in [-0.2, -0.15) is 0 Å². The van der Waals surface area contributed by atoms with Crippen molar-refractivity contribution in [2.24, 2.45) is 5.73 Å². The zero-order chi connectivity index (χ0) is 16.9.